The van der Waals surface area contributed by atoms with Crippen molar-refractivity contribution in [1.82, 2.24) is 4.90 Å². The number of nitrogens with zero attached hydrogens (tertiary/aromatic N) is 1. The average molecular weight is 315 g/mol. The van der Waals surface area contributed by atoms with Gasteiger partial charge in [0.25, 0.3) is 0 Å². The highest BCUT2D eigenvalue weighted by atomic mass is 32.2. The fourth-order valence-corrected chi connectivity index (χ4v) is 3.79. The lowest BCUT2D eigenvalue weighted by atomic mass is 10.1. The lowest BCUT2D eigenvalue weighted by Gasteiger charge is -2.19. The zero-order valence-corrected chi connectivity index (χ0v) is 13.0. The molecular weight excluding hydrogens is 296 g/mol. The van der Waals surface area contributed by atoms with E-state index >= 15 is 0 Å². The van der Waals surface area contributed by atoms with Crippen molar-refractivity contribution in [3.05, 3.63) is 35.4 Å². The first-order valence-corrected chi connectivity index (χ1v) is 8.40. The van der Waals surface area contributed by atoms with Crippen molar-refractivity contribution in [2.24, 2.45) is 0 Å². The monoisotopic (exact) mass is 315 g/mol. The third kappa shape index (κ3) is 3.87. The molecule has 1 fully saturated rings. The Bertz CT molecular complexity index is 561. The van der Waals surface area contributed by atoms with Crippen LogP contribution in [0.2, 0.25) is 0 Å². The van der Waals surface area contributed by atoms with Crippen molar-refractivity contribution in [3.8, 4) is 0 Å². The molecule has 0 heterocycles. The largest absolute Gasteiger partial charge is 0.342 e. The fraction of sp³-hybridized carbons (Fsp3) is 0.533. The van der Waals surface area contributed by atoms with E-state index in [1.807, 2.05) is 0 Å². The Balaban J connectivity index is 2.09. The summed E-state index contributed by atoms with van der Waals surface area (Å²) < 4.78 is 39.1. The van der Waals surface area contributed by atoms with E-state index in [1.54, 1.807) is 18.9 Å². The molecule has 1 amide bonds. The molecular formula is C15H19F2NO2S. The summed E-state index contributed by atoms with van der Waals surface area (Å²) in [5.74, 6) is -1.68. The molecule has 0 spiro atoms. The summed E-state index contributed by atoms with van der Waals surface area (Å²) in [6.07, 6.45) is 2.40. The first kappa shape index (κ1) is 16.1. The van der Waals surface area contributed by atoms with E-state index in [-0.39, 0.29) is 23.3 Å². The second-order valence-electron chi connectivity index (χ2n) is 5.32. The van der Waals surface area contributed by atoms with Crippen molar-refractivity contribution >= 4 is 16.7 Å². The summed E-state index contributed by atoms with van der Waals surface area (Å²) in [5.41, 5.74) is 0.208. The Hall–Kier alpha value is -1.30. The lowest BCUT2D eigenvalue weighted by molar-refractivity contribution is -0.127. The van der Waals surface area contributed by atoms with Gasteiger partial charge < -0.3 is 4.90 Å². The highest BCUT2D eigenvalue weighted by Crippen LogP contribution is 2.28. The third-order valence-corrected chi connectivity index (χ3v) is 5.50. The zero-order chi connectivity index (χ0) is 15.6. The van der Waals surface area contributed by atoms with Crippen molar-refractivity contribution in [3.63, 3.8) is 0 Å². The van der Waals surface area contributed by atoms with E-state index in [4.69, 9.17) is 0 Å². The van der Waals surface area contributed by atoms with Crippen LogP contribution < -0.4 is 0 Å². The van der Waals surface area contributed by atoms with Crippen LogP contribution in [0.15, 0.2) is 18.2 Å². The summed E-state index contributed by atoms with van der Waals surface area (Å²) in [6.45, 7) is 1.78. The van der Waals surface area contributed by atoms with Gasteiger partial charge >= 0.3 is 0 Å². The Morgan fingerprint density at radius 1 is 1.43 bits per heavy atom. The molecule has 1 saturated carbocycles. The minimum absolute atomic E-state index is 0.123. The highest BCUT2D eigenvalue weighted by Gasteiger charge is 2.31. The van der Waals surface area contributed by atoms with Crippen LogP contribution in [-0.4, -0.2) is 33.9 Å². The van der Waals surface area contributed by atoms with Gasteiger partial charge in [0.15, 0.2) is 0 Å². The van der Waals surface area contributed by atoms with Crippen LogP contribution >= 0.6 is 0 Å². The Morgan fingerprint density at radius 3 is 2.62 bits per heavy atom. The van der Waals surface area contributed by atoms with Gasteiger partial charge in [-0.05, 0) is 25.3 Å². The number of hydrogen-bond acceptors (Lipinski definition) is 2. The Morgan fingerprint density at radius 2 is 2.10 bits per heavy atom. The number of hydrogen-bond donors (Lipinski definition) is 0. The molecule has 0 saturated heterocycles. The number of carbonyl (C=O) groups excluding carboxylic acids is 1. The van der Waals surface area contributed by atoms with E-state index < -0.39 is 27.7 Å². The van der Waals surface area contributed by atoms with Crippen LogP contribution in [0.1, 0.15) is 37.0 Å². The van der Waals surface area contributed by atoms with Gasteiger partial charge in [0.05, 0.1) is 5.25 Å². The Labute approximate surface area is 125 Å². The molecule has 0 aliphatic heterocycles. The van der Waals surface area contributed by atoms with Gasteiger partial charge in [-0.1, -0.05) is 13.0 Å². The van der Waals surface area contributed by atoms with Crippen molar-refractivity contribution in [2.45, 2.75) is 37.5 Å². The summed E-state index contributed by atoms with van der Waals surface area (Å²) in [6, 6.07) is 3.51. The van der Waals surface area contributed by atoms with E-state index in [1.165, 1.54) is 6.07 Å². The molecule has 2 atom stereocenters. The number of amides is 1. The number of carbonyl (C=O) groups is 1. The maximum atomic E-state index is 13.8. The summed E-state index contributed by atoms with van der Waals surface area (Å²) >= 11 is 0. The van der Waals surface area contributed by atoms with Gasteiger partial charge in [0.2, 0.25) is 5.91 Å². The van der Waals surface area contributed by atoms with Crippen molar-refractivity contribution < 1.29 is 17.8 Å². The second-order valence-corrected chi connectivity index (χ2v) is 6.94. The number of rotatable bonds is 6. The molecule has 1 aromatic carbocycles. The molecule has 0 aromatic heterocycles. The average Bonchev–Trinajstić information content (AvgIpc) is 3.25. The molecule has 0 bridgehead atoms. The van der Waals surface area contributed by atoms with Crippen molar-refractivity contribution in [1.29, 1.82) is 0 Å². The number of halogens is 2. The predicted molar refractivity (Wildman–Crippen MR) is 78.2 cm³/mol. The minimum atomic E-state index is -1.52. The molecule has 1 aliphatic carbocycles. The van der Waals surface area contributed by atoms with Crippen LogP contribution in [0.25, 0.3) is 0 Å². The van der Waals surface area contributed by atoms with Crippen molar-refractivity contribution in [2.75, 3.05) is 12.8 Å². The Kier molecular flexibility index (Phi) is 5.08. The molecule has 2 rings (SSSR count). The summed E-state index contributed by atoms with van der Waals surface area (Å²) in [4.78, 5) is 13.6. The fourth-order valence-electron chi connectivity index (χ4n) is 2.30. The molecule has 2 unspecified atom stereocenters. The van der Waals surface area contributed by atoms with Crippen LogP contribution in [0.3, 0.4) is 0 Å². The molecule has 116 valence electrons. The third-order valence-electron chi connectivity index (χ3n) is 3.75. The van der Waals surface area contributed by atoms with Crippen LogP contribution in [0.5, 0.6) is 0 Å². The summed E-state index contributed by atoms with van der Waals surface area (Å²) in [7, 11) is 0.186. The molecule has 21 heavy (non-hydrogen) atoms. The van der Waals surface area contributed by atoms with Crippen LogP contribution in [0.4, 0.5) is 8.78 Å². The standard InChI is InChI=1S/C15H19F2NO2S/c1-3-14(12-7-4-10(16)8-13(12)17)21(20)9-15(19)18(2)11-5-6-11/h4,7-8,11,14H,3,5-6,9H2,1-2H3. The van der Waals surface area contributed by atoms with Gasteiger partial charge in [-0.25, -0.2) is 8.78 Å². The van der Waals surface area contributed by atoms with Gasteiger partial charge in [0.1, 0.15) is 17.4 Å². The highest BCUT2D eigenvalue weighted by molar-refractivity contribution is 7.86. The molecule has 0 radical (unpaired) electrons. The molecule has 1 aliphatic rings. The van der Waals surface area contributed by atoms with E-state index in [0.29, 0.717) is 6.42 Å². The second kappa shape index (κ2) is 6.64. The van der Waals surface area contributed by atoms with Crippen LogP contribution in [0, 0.1) is 11.6 Å². The molecule has 6 heteroatoms. The topological polar surface area (TPSA) is 37.4 Å². The zero-order valence-electron chi connectivity index (χ0n) is 12.1. The minimum Gasteiger partial charge on any atom is -0.342 e. The van der Waals surface area contributed by atoms with E-state index in [0.717, 1.165) is 25.0 Å². The smallest absolute Gasteiger partial charge is 0.235 e. The maximum Gasteiger partial charge on any atom is 0.235 e. The normalized spacial score (nSPS) is 17.3. The van der Waals surface area contributed by atoms with Crippen LogP contribution in [-0.2, 0) is 15.6 Å². The summed E-state index contributed by atoms with van der Waals surface area (Å²) in [5, 5.41) is -0.595. The quantitative estimate of drug-likeness (QED) is 0.809. The SMILES string of the molecule is CCC(c1ccc(F)cc1F)S(=O)CC(=O)N(C)C1CC1. The van der Waals surface area contributed by atoms with E-state index in [9.17, 15) is 17.8 Å². The van der Waals surface area contributed by atoms with Gasteiger partial charge in [-0.15, -0.1) is 0 Å². The molecule has 1 aromatic rings. The molecule has 3 nitrogen and oxygen atoms in total. The van der Waals surface area contributed by atoms with E-state index in [2.05, 4.69) is 0 Å². The first-order chi connectivity index (χ1) is 9.93. The first-order valence-electron chi connectivity index (χ1n) is 7.01. The maximum absolute atomic E-state index is 13.8. The predicted octanol–water partition coefficient (Wildman–Crippen LogP) is 2.79. The lowest BCUT2D eigenvalue weighted by Crippen LogP contribution is -2.33. The molecule has 0 N–H and O–H groups in total. The van der Waals surface area contributed by atoms with Gasteiger partial charge in [-0.3, -0.25) is 9.00 Å². The number of benzene rings is 1. The van der Waals surface area contributed by atoms with Gasteiger partial charge in [0, 0.05) is 35.5 Å². The van der Waals surface area contributed by atoms with Gasteiger partial charge in [-0.2, -0.15) is 0 Å².